The molecule has 0 saturated carbocycles. The summed E-state index contributed by atoms with van der Waals surface area (Å²) in [7, 11) is 0. The zero-order chi connectivity index (χ0) is 17.4. The first-order chi connectivity index (χ1) is 11.6. The highest BCUT2D eigenvalue weighted by Crippen LogP contribution is 2.23. The van der Waals surface area contributed by atoms with Crippen LogP contribution in [0.3, 0.4) is 0 Å². The van der Waals surface area contributed by atoms with Gasteiger partial charge in [0.05, 0.1) is 23.7 Å². The molecule has 2 aromatic rings. The van der Waals surface area contributed by atoms with Gasteiger partial charge in [0.25, 0.3) is 5.69 Å². The third kappa shape index (κ3) is 4.64. The van der Waals surface area contributed by atoms with Crippen molar-refractivity contribution in [1.29, 1.82) is 0 Å². The van der Waals surface area contributed by atoms with Gasteiger partial charge in [0.1, 0.15) is 5.69 Å². The van der Waals surface area contributed by atoms with Crippen LogP contribution in [0.5, 0.6) is 0 Å². The van der Waals surface area contributed by atoms with Gasteiger partial charge in [-0.25, -0.2) is 0 Å². The summed E-state index contributed by atoms with van der Waals surface area (Å²) in [5.74, 6) is -0.413. The molecule has 0 spiro atoms. The Labute approximate surface area is 139 Å². The van der Waals surface area contributed by atoms with Crippen LogP contribution in [0.1, 0.15) is 18.9 Å². The zero-order valence-electron chi connectivity index (χ0n) is 13.1. The van der Waals surface area contributed by atoms with Crippen LogP contribution in [0, 0.1) is 10.1 Å². The van der Waals surface area contributed by atoms with Crippen molar-refractivity contribution < 1.29 is 14.5 Å². The number of benzene rings is 2. The molecule has 0 atom stereocenters. The van der Waals surface area contributed by atoms with Gasteiger partial charge in [-0.15, -0.1) is 0 Å². The van der Waals surface area contributed by atoms with Crippen molar-refractivity contribution in [3.63, 3.8) is 0 Å². The number of hydrogen-bond donors (Lipinski definition) is 1. The number of nitrogens with one attached hydrogen (secondary N) is 1. The molecule has 24 heavy (non-hydrogen) atoms. The minimum atomic E-state index is -0.495. The molecule has 0 aliphatic rings. The Morgan fingerprint density at radius 3 is 2.50 bits per heavy atom. The Morgan fingerprint density at radius 2 is 1.83 bits per heavy atom. The lowest BCUT2D eigenvalue weighted by molar-refractivity contribution is -0.384. The molecule has 0 fully saturated rings. The summed E-state index contributed by atoms with van der Waals surface area (Å²) in [6.45, 7) is 2.00. The standard InChI is InChI=1S/C17H17N3O4/c1-2-24-17(21)12-15(13-8-4-3-5-9-13)19-18-14-10-6-7-11-16(14)20(22)23/h3-11,18H,2,12H2,1H3. The molecule has 0 amide bonds. The fourth-order valence-corrected chi connectivity index (χ4v) is 2.04. The fourth-order valence-electron chi connectivity index (χ4n) is 2.04. The Kier molecular flexibility index (Phi) is 6.01. The van der Waals surface area contributed by atoms with Crippen molar-refractivity contribution in [2.24, 2.45) is 5.10 Å². The summed E-state index contributed by atoms with van der Waals surface area (Å²) < 4.78 is 4.95. The van der Waals surface area contributed by atoms with E-state index in [0.29, 0.717) is 5.71 Å². The SMILES string of the molecule is CCOC(=O)CC(=NNc1ccccc1[N+](=O)[O-])c1ccccc1. The van der Waals surface area contributed by atoms with Crippen LogP contribution in [-0.2, 0) is 9.53 Å². The van der Waals surface area contributed by atoms with E-state index < -0.39 is 10.9 Å². The second-order valence-corrected chi connectivity index (χ2v) is 4.79. The largest absolute Gasteiger partial charge is 0.466 e. The van der Waals surface area contributed by atoms with E-state index in [0.717, 1.165) is 5.56 Å². The van der Waals surface area contributed by atoms with E-state index in [1.165, 1.54) is 6.07 Å². The smallest absolute Gasteiger partial charge is 0.311 e. The lowest BCUT2D eigenvalue weighted by Crippen LogP contribution is -2.14. The molecule has 0 heterocycles. The van der Waals surface area contributed by atoms with E-state index >= 15 is 0 Å². The molecular formula is C17H17N3O4. The monoisotopic (exact) mass is 327 g/mol. The van der Waals surface area contributed by atoms with Gasteiger partial charge in [-0.3, -0.25) is 20.3 Å². The zero-order valence-corrected chi connectivity index (χ0v) is 13.1. The number of ether oxygens (including phenoxy) is 1. The van der Waals surface area contributed by atoms with Crippen LogP contribution in [0.15, 0.2) is 59.7 Å². The Bertz CT molecular complexity index is 745. The number of hydrazone groups is 1. The summed E-state index contributed by atoms with van der Waals surface area (Å²) in [4.78, 5) is 22.3. The molecule has 0 aromatic heterocycles. The van der Waals surface area contributed by atoms with Gasteiger partial charge in [-0.05, 0) is 18.6 Å². The van der Waals surface area contributed by atoms with Crippen molar-refractivity contribution in [3.05, 3.63) is 70.3 Å². The molecule has 0 unspecified atom stereocenters. The van der Waals surface area contributed by atoms with Gasteiger partial charge in [0, 0.05) is 6.07 Å². The lowest BCUT2D eigenvalue weighted by Gasteiger charge is -2.08. The molecule has 2 rings (SSSR count). The average Bonchev–Trinajstić information content (AvgIpc) is 2.59. The van der Waals surface area contributed by atoms with Gasteiger partial charge in [0.15, 0.2) is 0 Å². The van der Waals surface area contributed by atoms with Crippen molar-refractivity contribution in [2.75, 3.05) is 12.0 Å². The topological polar surface area (TPSA) is 93.8 Å². The first-order valence-corrected chi connectivity index (χ1v) is 7.39. The average molecular weight is 327 g/mol. The van der Waals surface area contributed by atoms with E-state index in [2.05, 4.69) is 10.5 Å². The number of hydrogen-bond acceptors (Lipinski definition) is 6. The van der Waals surface area contributed by atoms with E-state index in [-0.39, 0.29) is 24.4 Å². The van der Waals surface area contributed by atoms with Gasteiger partial charge < -0.3 is 4.74 Å². The number of para-hydroxylation sites is 2. The summed E-state index contributed by atoms with van der Waals surface area (Å²) in [5, 5.41) is 15.2. The molecule has 2 aromatic carbocycles. The highest BCUT2D eigenvalue weighted by atomic mass is 16.6. The second-order valence-electron chi connectivity index (χ2n) is 4.79. The highest BCUT2D eigenvalue weighted by molar-refractivity contribution is 6.09. The van der Waals surface area contributed by atoms with Crippen molar-refractivity contribution in [2.45, 2.75) is 13.3 Å². The van der Waals surface area contributed by atoms with Crippen LogP contribution in [0.25, 0.3) is 0 Å². The number of carbonyl (C=O) groups excluding carboxylic acids is 1. The normalized spacial score (nSPS) is 11.0. The van der Waals surface area contributed by atoms with E-state index in [1.54, 1.807) is 37.3 Å². The first kappa shape index (κ1) is 17.1. The maximum Gasteiger partial charge on any atom is 0.311 e. The van der Waals surface area contributed by atoms with Crippen LogP contribution in [0.4, 0.5) is 11.4 Å². The number of anilines is 1. The predicted octanol–water partition coefficient (Wildman–Crippen LogP) is 3.36. The third-order valence-corrected chi connectivity index (χ3v) is 3.14. The second kappa shape index (κ2) is 8.42. The van der Waals surface area contributed by atoms with E-state index in [9.17, 15) is 14.9 Å². The van der Waals surface area contributed by atoms with Crippen LogP contribution >= 0.6 is 0 Å². The molecule has 7 nitrogen and oxygen atoms in total. The predicted molar refractivity (Wildman–Crippen MR) is 90.9 cm³/mol. The van der Waals surface area contributed by atoms with Crippen LogP contribution in [0.2, 0.25) is 0 Å². The lowest BCUT2D eigenvalue weighted by atomic mass is 10.1. The Morgan fingerprint density at radius 1 is 1.17 bits per heavy atom. The van der Waals surface area contributed by atoms with E-state index in [4.69, 9.17) is 4.74 Å². The van der Waals surface area contributed by atoms with Crippen molar-refractivity contribution in [3.8, 4) is 0 Å². The van der Waals surface area contributed by atoms with Gasteiger partial charge in [-0.2, -0.15) is 5.10 Å². The fraction of sp³-hybridized carbons (Fsp3) is 0.176. The molecule has 0 saturated heterocycles. The molecule has 0 radical (unpaired) electrons. The summed E-state index contributed by atoms with van der Waals surface area (Å²) in [6, 6.07) is 15.3. The van der Waals surface area contributed by atoms with Crippen LogP contribution < -0.4 is 5.43 Å². The van der Waals surface area contributed by atoms with Crippen LogP contribution in [-0.4, -0.2) is 23.2 Å². The number of carbonyl (C=O) groups is 1. The van der Waals surface area contributed by atoms with Gasteiger partial charge in [-0.1, -0.05) is 42.5 Å². The number of nitro groups is 1. The molecule has 124 valence electrons. The number of esters is 1. The first-order valence-electron chi connectivity index (χ1n) is 7.39. The number of rotatable bonds is 7. The van der Waals surface area contributed by atoms with Gasteiger partial charge >= 0.3 is 5.97 Å². The number of nitrogens with zero attached hydrogens (tertiary/aromatic N) is 2. The maximum absolute atomic E-state index is 11.8. The molecule has 1 N–H and O–H groups in total. The van der Waals surface area contributed by atoms with Crippen molar-refractivity contribution in [1.82, 2.24) is 0 Å². The highest BCUT2D eigenvalue weighted by Gasteiger charge is 2.14. The maximum atomic E-state index is 11.8. The van der Waals surface area contributed by atoms with E-state index in [1.807, 2.05) is 18.2 Å². The number of nitro benzene ring substituents is 1. The van der Waals surface area contributed by atoms with Gasteiger partial charge in [0.2, 0.25) is 0 Å². The molecule has 7 heteroatoms. The summed E-state index contributed by atoms with van der Waals surface area (Å²) in [5.41, 5.74) is 4.01. The Balaban J connectivity index is 2.28. The Hall–Kier alpha value is -3.22. The molecule has 0 aliphatic carbocycles. The minimum absolute atomic E-state index is 0.0362. The summed E-state index contributed by atoms with van der Waals surface area (Å²) >= 11 is 0. The minimum Gasteiger partial charge on any atom is -0.466 e. The molecule has 0 aliphatic heterocycles. The third-order valence-electron chi connectivity index (χ3n) is 3.14. The summed E-state index contributed by atoms with van der Waals surface area (Å²) in [6.07, 6.45) is -0.0362. The quantitative estimate of drug-likeness (QED) is 0.364. The molecule has 0 bridgehead atoms. The molecular weight excluding hydrogens is 310 g/mol. The van der Waals surface area contributed by atoms with Crippen molar-refractivity contribution >= 4 is 23.1 Å².